The first-order chi connectivity index (χ1) is 17.0. The van der Waals surface area contributed by atoms with E-state index in [1.807, 2.05) is 4.68 Å². The predicted molar refractivity (Wildman–Crippen MR) is 133 cm³/mol. The number of ether oxygens (including phenoxy) is 2. The van der Waals surface area contributed by atoms with Crippen molar-refractivity contribution in [1.82, 2.24) is 14.8 Å². The van der Waals surface area contributed by atoms with Gasteiger partial charge in [-0.2, -0.15) is 0 Å². The number of benzene rings is 2. The molecule has 0 amide bonds. The summed E-state index contributed by atoms with van der Waals surface area (Å²) in [4.78, 5) is 28.9. The third-order valence-electron chi connectivity index (χ3n) is 7.02. The number of hydrogen-bond donors (Lipinski definition) is 3. The fourth-order valence-electron chi connectivity index (χ4n) is 5.34. The Kier molecular flexibility index (Phi) is 4.87. The highest BCUT2D eigenvalue weighted by atomic mass is 16.5. The van der Waals surface area contributed by atoms with Gasteiger partial charge in [0.25, 0.3) is 5.56 Å². The summed E-state index contributed by atoms with van der Waals surface area (Å²) in [6.45, 7) is 0. The van der Waals surface area contributed by atoms with E-state index in [2.05, 4.69) is 10.1 Å². The van der Waals surface area contributed by atoms with Gasteiger partial charge in [0.1, 0.15) is 11.2 Å². The fourth-order valence-corrected chi connectivity index (χ4v) is 5.34. The number of aromatic amines is 2. The molecule has 0 atom stereocenters. The van der Waals surface area contributed by atoms with Gasteiger partial charge in [-0.05, 0) is 42.7 Å². The average Bonchev–Trinajstić information content (AvgIpc) is 3.40. The van der Waals surface area contributed by atoms with Crippen LogP contribution >= 0.6 is 0 Å². The molecule has 9 heteroatoms. The van der Waals surface area contributed by atoms with Gasteiger partial charge in [-0.15, -0.1) is 0 Å². The highest BCUT2D eigenvalue weighted by Gasteiger charge is 2.26. The molecular formula is C26H25N3O6. The minimum absolute atomic E-state index is 0.136. The third kappa shape index (κ3) is 3.22. The molecule has 0 unspecified atom stereocenters. The highest BCUT2D eigenvalue weighted by molar-refractivity contribution is 6.14. The molecule has 0 bridgehead atoms. The van der Waals surface area contributed by atoms with Crippen molar-refractivity contribution in [3.63, 3.8) is 0 Å². The molecule has 1 aliphatic rings. The van der Waals surface area contributed by atoms with Crippen LogP contribution in [0.4, 0.5) is 0 Å². The van der Waals surface area contributed by atoms with Crippen LogP contribution in [0.1, 0.15) is 38.1 Å². The Morgan fingerprint density at radius 2 is 1.74 bits per heavy atom. The molecular weight excluding hydrogens is 450 g/mol. The lowest BCUT2D eigenvalue weighted by molar-refractivity contribution is 0.335. The topological polar surface area (TPSA) is 122 Å². The average molecular weight is 476 g/mol. The zero-order chi connectivity index (χ0) is 24.3. The molecule has 3 aromatic heterocycles. The van der Waals surface area contributed by atoms with Crippen LogP contribution in [0.2, 0.25) is 0 Å². The Morgan fingerprint density at radius 3 is 2.43 bits per heavy atom. The number of hydrogen-bond acceptors (Lipinski definition) is 6. The second-order valence-corrected chi connectivity index (χ2v) is 9.02. The van der Waals surface area contributed by atoms with Crippen molar-refractivity contribution in [3.8, 4) is 28.4 Å². The number of nitrogens with one attached hydrogen (secondary N) is 2. The number of methoxy groups -OCH3 is 2. The standard InChI is InChI=1S/C26H25N3O6/c1-33-18-10-13(11-19(34-2)23(18)31)20-21-25(29(28-26(21)32)14-6-4-3-5-7-14)27-22-16-9-8-15(30)12-17(16)35-24(20)22/h8-12,14,27,31H,3-7H2,1-2H3,(H,28,32). The van der Waals surface area contributed by atoms with Crippen molar-refractivity contribution in [2.75, 3.05) is 14.2 Å². The summed E-state index contributed by atoms with van der Waals surface area (Å²) >= 11 is 0. The molecule has 9 nitrogen and oxygen atoms in total. The van der Waals surface area contributed by atoms with Gasteiger partial charge < -0.3 is 24.0 Å². The molecule has 6 rings (SSSR count). The number of phenols is 1. The Hall–Kier alpha value is -4.14. The summed E-state index contributed by atoms with van der Waals surface area (Å²) in [5, 5.41) is 14.7. The second kappa shape index (κ2) is 7.97. The van der Waals surface area contributed by atoms with E-state index in [0.717, 1.165) is 31.1 Å². The Morgan fingerprint density at radius 1 is 1.03 bits per heavy atom. The molecule has 0 spiro atoms. The van der Waals surface area contributed by atoms with Gasteiger partial charge in [0.05, 0.1) is 31.2 Å². The second-order valence-electron chi connectivity index (χ2n) is 9.02. The maximum atomic E-state index is 13.4. The molecule has 3 N–H and O–H groups in total. The molecule has 1 aliphatic carbocycles. The van der Waals surface area contributed by atoms with E-state index in [9.17, 15) is 14.7 Å². The maximum Gasteiger partial charge on any atom is 0.274 e. The first-order valence-electron chi connectivity index (χ1n) is 11.7. The number of nitrogens with zero attached hydrogens (tertiary/aromatic N) is 1. The smallest absolute Gasteiger partial charge is 0.274 e. The largest absolute Gasteiger partial charge is 0.502 e. The molecule has 0 radical (unpaired) electrons. The number of furan rings is 1. The number of aromatic nitrogens is 3. The van der Waals surface area contributed by atoms with Gasteiger partial charge in [0.2, 0.25) is 5.75 Å². The summed E-state index contributed by atoms with van der Waals surface area (Å²) in [5.41, 5.74) is 2.88. The van der Waals surface area contributed by atoms with Crippen LogP contribution in [0.3, 0.4) is 0 Å². The highest BCUT2D eigenvalue weighted by Crippen LogP contribution is 2.45. The first kappa shape index (κ1) is 21.4. The van der Waals surface area contributed by atoms with Crippen molar-refractivity contribution in [3.05, 3.63) is 50.9 Å². The lowest BCUT2D eigenvalue weighted by Gasteiger charge is -2.23. The Labute approximate surface area is 198 Å². The molecule has 0 aliphatic heterocycles. The van der Waals surface area contributed by atoms with Gasteiger partial charge in [0.15, 0.2) is 22.5 Å². The summed E-state index contributed by atoms with van der Waals surface area (Å²) < 4.78 is 18.9. The zero-order valence-corrected chi connectivity index (χ0v) is 19.4. The van der Waals surface area contributed by atoms with E-state index in [1.165, 1.54) is 32.8 Å². The summed E-state index contributed by atoms with van der Waals surface area (Å²) in [6, 6.07) is 8.13. The lowest BCUT2D eigenvalue weighted by Crippen LogP contribution is -2.16. The number of phenolic OH excluding ortho intramolecular Hbond substituents is 1. The molecule has 180 valence electrons. The van der Waals surface area contributed by atoms with Gasteiger partial charge in [-0.25, -0.2) is 0 Å². The monoisotopic (exact) mass is 475 g/mol. The minimum atomic E-state index is -0.255. The molecule has 3 heterocycles. The van der Waals surface area contributed by atoms with Crippen LogP contribution < -0.4 is 20.5 Å². The van der Waals surface area contributed by atoms with E-state index in [1.54, 1.807) is 18.2 Å². The van der Waals surface area contributed by atoms with Crippen LogP contribution in [0.25, 0.3) is 44.2 Å². The SMILES string of the molecule is COc1cc(-c2c3oc4cc(=O)ccc4c3[nH]c3c2c(=O)[nH]n3C2CCCCC2)cc(OC)c1O. The third-order valence-corrected chi connectivity index (χ3v) is 7.02. The minimum Gasteiger partial charge on any atom is -0.502 e. The fraction of sp³-hybridized carbons (Fsp3) is 0.308. The number of aromatic hydroxyl groups is 1. The van der Waals surface area contributed by atoms with E-state index < -0.39 is 0 Å². The van der Waals surface area contributed by atoms with Crippen molar-refractivity contribution in [2.45, 2.75) is 38.1 Å². The van der Waals surface area contributed by atoms with Crippen LogP contribution in [-0.2, 0) is 0 Å². The van der Waals surface area contributed by atoms with E-state index in [4.69, 9.17) is 13.9 Å². The number of rotatable bonds is 4. The van der Waals surface area contributed by atoms with Crippen LogP contribution in [0, 0.1) is 0 Å². The lowest BCUT2D eigenvalue weighted by atomic mass is 9.95. The summed E-state index contributed by atoms with van der Waals surface area (Å²) in [7, 11) is 2.90. The van der Waals surface area contributed by atoms with Crippen LogP contribution in [0.5, 0.6) is 17.2 Å². The van der Waals surface area contributed by atoms with Crippen LogP contribution in [0.15, 0.2) is 44.3 Å². The predicted octanol–water partition coefficient (Wildman–Crippen LogP) is 4.81. The maximum absolute atomic E-state index is 13.4. The van der Waals surface area contributed by atoms with E-state index >= 15 is 0 Å². The van der Waals surface area contributed by atoms with Gasteiger partial charge in [-0.3, -0.25) is 19.4 Å². The Bertz CT molecular complexity index is 1690. The van der Waals surface area contributed by atoms with Crippen molar-refractivity contribution in [1.29, 1.82) is 0 Å². The summed E-state index contributed by atoms with van der Waals surface area (Å²) in [6.07, 6.45) is 5.36. The number of fused-ring (bicyclic) bond motifs is 4. The Balaban J connectivity index is 1.77. The molecule has 5 aromatic rings. The van der Waals surface area contributed by atoms with Crippen LogP contribution in [-0.4, -0.2) is 34.1 Å². The van der Waals surface area contributed by atoms with Gasteiger partial charge >= 0.3 is 0 Å². The van der Waals surface area contributed by atoms with Gasteiger partial charge in [0, 0.05) is 17.0 Å². The van der Waals surface area contributed by atoms with Crippen molar-refractivity contribution < 1.29 is 19.0 Å². The zero-order valence-electron chi connectivity index (χ0n) is 19.4. The van der Waals surface area contributed by atoms with E-state index in [-0.39, 0.29) is 34.3 Å². The van der Waals surface area contributed by atoms with Gasteiger partial charge in [-0.1, -0.05) is 19.3 Å². The molecule has 0 saturated heterocycles. The number of H-pyrrole nitrogens is 2. The molecule has 1 saturated carbocycles. The molecule has 1 fully saturated rings. The molecule has 35 heavy (non-hydrogen) atoms. The van der Waals surface area contributed by atoms with E-state index in [0.29, 0.717) is 38.8 Å². The van der Waals surface area contributed by atoms with Crippen molar-refractivity contribution in [2.24, 2.45) is 0 Å². The quantitative estimate of drug-likeness (QED) is 0.343. The summed E-state index contributed by atoms with van der Waals surface area (Å²) in [5.74, 6) is 0.271. The molecule has 2 aromatic carbocycles. The number of pyridine rings is 1. The first-order valence-corrected chi connectivity index (χ1v) is 11.7. The van der Waals surface area contributed by atoms with Crippen molar-refractivity contribution >= 4 is 33.1 Å². The normalized spacial score (nSPS) is 14.8.